The summed E-state index contributed by atoms with van der Waals surface area (Å²) in [6.45, 7) is 3.43. The quantitative estimate of drug-likeness (QED) is 0.701. The standard InChI is InChI=1S/C19H24N2O5/c1-12(2)8-16(19(24)25-3)21-17(22)11-26-18(23)9-13-10-20-15-7-5-4-6-14(13)15/h4-7,10,12,16,20H,8-9,11H2,1-3H3,(H,21,22)/t16-/m0/s1. The Morgan fingerprint density at radius 1 is 1.19 bits per heavy atom. The second-order valence-electron chi connectivity index (χ2n) is 6.47. The van der Waals surface area contributed by atoms with Crippen LogP contribution in [0.1, 0.15) is 25.8 Å². The van der Waals surface area contributed by atoms with Gasteiger partial charge >= 0.3 is 11.9 Å². The molecule has 7 nitrogen and oxygen atoms in total. The molecule has 2 N–H and O–H groups in total. The lowest BCUT2D eigenvalue weighted by molar-refractivity contribution is -0.150. The summed E-state index contributed by atoms with van der Waals surface area (Å²) in [7, 11) is 1.27. The van der Waals surface area contributed by atoms with Crippen LogP contribution in [-0.4, -0.2) is 42.6 Å². The third kappa shape index (κ3) is 5.34. The number of aromatic amines is 1. The van der Waals surface area contributed by atoms with Gasteiger partial charge in [-0.05, 0) is 24.0 Å². The summed E-state index contributed by atoms with van der Waals surface area (Å²) in [4.78, 5) is 38.8. The van der Waals surface area contributed by atoms with E-state index in [9.17, 15) is 14.4 Å². The van der Waals surface area contributed by atoms with Gasteiger partial charge in [0.05, 0.1) is 13.5 Å². The first-order valence-corrected chi connectivity index (χ1v) is 8.48. The van der Waals surface area contributed by atoms with Crippen molar-refractivity contribution < 1.29 is 23.9 Å². The maximum atomic E-state index is 12.0. The summed E-state index contributed by atoms with van der Waals surface area (Å²) in [5.74, 6) is -1.36. The van der Waals surface area contributed by atoms with E-state index in [1.807, 2.05) is 38.1 Å². The fourth-order valence-corrected chi connectivity index (χ4v) is 2.69. The van der Waals surface area contributed by atoms with Crippen molar-refractivity contribution in [3.8, 4) is 0 Å². The third-order valence-electron chi connectivity index (χ3n) is 3.90. The lowest BCUT2D eigenvalue weighted by atomic mass is 10.0. The van der Waals surface area contributed by atoms with Gasteiger partial charge in [0.1, 0.15) is 6.04 Å². The number of esters is 2. The van der Waals surface area contributed by atoms with Crippen molar-refractivity contribution in [1.82, 2.24) is 10.3 Å². The Morgan fingerprint density at radius 3 is 2.62 bits per heavy atom. The third-order valence-corrected chi connectivity index (χ3v) is 3.90. The van der Waals surface area contributed by atoms with Crippen LogP contribution < -0.4 is 5.32 Å². The molecular formula is C19H24N2O5. The van der Waals surface area contributed by atoms with Crippen LogP contribution in [0.15, 0.2) is 30.5 Å². The Morgan fingerprint density at radius 2 is 1.92 bits per heavy atom. The van der Waals surface area contributed by atoms with Crippen LogP contribution in [0.5, 0.6) is 0 Å². The number of methoxy groups -OCH3 is 1. The van der Waals surface area contributed by atoms with Gasteiger partial charge in [0.2, 0.25) is 0 Å². The van der Waals surface area contributed by atoms with E-state index < -0.39 is 30.5 Å². The Bertz CT molecular complexity index is 781. The number of carbonyl (C=O) groups is 3. The second-order valence-corrected chi connectivity index (χ2v) is 6.47. The number of fused-ring (bicyclic) bond motifs is 1. The van der Waals surface area contributed by atoms with Gasteiger partial charge in [0.25, 0.3) is 5.91 Å². The molecule has 0 aliphatic carbocycles. The topological polar surface area (TPSA) is 97.5 Å². The first kappa shape index (κ1) is 19.5. The highest BCUT2D eigenvalue weighted by atomic mass is 16.5. The molecular weight excluding hydrogens is 336 g/mol. The van der Waals surface area contributed by atoms with Gasteiger partial charge < -0.3 is 19.8 Å². The molecule has 26 heavy (non-hydrogen) atoms. The number of amides is 1. The molecule has 0 unspecified atom stereocenters. The lowest BCUT2D eigenvalue weighted by Gasteiger charge is -2.18. The van der Waals surface area contributed by atoms with Gasteiger partial charge in [-0.1, -0.05) is 32.0 Å². The predicted octanol–water partition coefficient (Wildman–Crippen LogP) is 1.96. The fourth-order valence-electron chi connectivity index (χ4n) is 2.69. The van der Waals surface area contributed by atoms with Crippen molar-refractivity contribution in [2.24, 2.45) is 5.92 Å². The number of rotatable bonds is 8. The van der Waals surface area contributed by atoms with Gasteiger partial charge in [0, 0.05) is 17.1 Å². The lowest BCUT2D eigenvalue weighted by Crippen LogP contribution is -2.44. The van der Waals surface area contributed by atoms with E-state index in [2.05, 4.69) is 15.0 Å². The number of nitrogens with one attached hydrogen (secondary N) is 2. The Hall–Kier alpha value is -2.83. The number of hydrogen-bond acceptors (Lipinski definition) is 5. The van der Waals surface area contributed by atoms with Crippen LogP contribution in [0.25, 0.3) is 10.9 Å². The average molecular weight is 360 g/mol. The fraction of sp³-hybridized carbons (Fsp3) is 0.421. The molecule has 0 bridgehead atoms. The predicted molar refractivity (Wildman–Crippen MR) is 96.4 cm³/mol. The van der Waals surface area contributed by atoms with E-state index >= 15 is 0 Å². The van der Waals surface area contributed by atoms with Crippen molar-refractivity contribution in [2.45, 2.75) is 32.7 Å². The first-order chi connectivity index (χ1) is 12.4. The van der Waals surface area contributed by atoms with Gasteiger partial charge in [-0.15, -0.1) is 0 Å². The largest absolute Gasteiger partial charge is 0.467 e. The normalized spacial score (nSPS) is 12.0. The molecule has 7 heteroatoms. The van der Waals surface area contributed by atoms with Crippen LogP contribution >= 0.6 is 0 Å². The molecule has 0 radical (unpaired) electrons. The molecule has 1 aromatic carbocycles. The molecule has 0 saturated heterocycles. The maximum Gasteiger partial charge on any atom is 0.328 e. The van der Waals surface area contributed by atoms with Crippen LogP contribution in [0.2, 0.25) is 0 Å². The number of para-hydroxylation sites is 1. The molecule has 1 aromatic heterocycles. The molecule has 2 rings (SSSR count). The smallest absolute Gasteiger partial charge is 0.328 e. The molecule has 0 aliphatic rings. The van der Waals surface area contributed by atoms with Gasteiger partial charge in [-0.3, -0.25) is 9.59 Å². The summed E-state index contributed by atoms with van der Waals surface area (Å²) in [6, 6.07) is 6.87. The number of carbonyl (C=O) groups excluding carboxylic acids is 3. The van der Waals surface area contributed by atoms with E-state index in [0.717, 1.165) is 16.5 Å². The Balaban J connectivity index is 1.86. The maximum absolute atomic E-state index is 12.0. The molecule has 0 spiro atoms. The zero-order valence-corrected chi connectivity index (χ0v) is 15.2. The molecule has 1 heterocycles. The summed E-state index contributed by atoms with van der Waals surface area (Å²) in [6.07, 6.45) is 2.26. The van der Waals surface area contributed by atoms with Crippen LogP contribution in [-0.2, 0) is 30.3 Å². The zero-order valence-electron chi connectivity index (χ0n) is 15.2. The molecule has 0 aliphatic heterocycles. The molecule has 140 valence electrons. The number of ether oxygens (including phenoxy) is 2. The summed E-state index contributed by atoms with van der Waals surface area (Å²) >= 11 is 0. The van der Waals surface area contributed by atoms with E-state index in [-0.39, 0.29) is 12.3 Å². The summed E-state index contributed by atoms with van der Waals surface area (Å²) in [5, 5.41) is 3.49. The van der Waals surface area contributed by atoms with E-state index in [0.29, 0.717) is 6.42 Å². The highest BCUT2D eigenvalue weighted by molar-refractivity contribution is 5.89. The summed E-state index contributed by atoms with van der Waals surface area (Å²) < 4.78 is 9.71. The minimum Gasteiger partial charge on any atom is -0.467 e. The number of aromatic nitrogens is 1. The van der Waals surface area contributed by atoms with Gasteiger partial charge in [-0.25, -0.2) is 4.79 Å². The molecule has 1 atom stereocenters. The molecule has 1 amide bonds. The first-order valence-electron chi connectivity index (χ1n) is 8.48. The average Bonchev–Trinajstić information content (AvgIpc) is 3.01. The highest BCUT2D eigenvalue weighted by Gasteiger charge is 2.23. The van der Waals surface area contributed by atoms with Crippen molar-refractivity contribution >= 4 is 28.7 Å². The van der Waals surface area contributed by atoms with Crippen molar-refractivity contribution in [1.29, 1.82) is 0 Å². The van der Waals surface area contributed by atoms with Crippen molar-refractivity contribution in [3.63, 3.8) is 0 Å². The zero-order chi connectivity index (χ0) is 19.1. The molecule has 0 saturated carbocycles. The Kier molecular flexibility index (Phi) is 6.77. The summed E-state index contributed by atoms with van der Waals surface area (Å²) in [5.41, 5.74) is 1.74. The van der Waals surface area contributed by atoms with Crippen LogP contribution in [0.4, 0.5) is 0 Å². The van der Waals surface area contributed by atoms with Gasteiger partial charge in [0.15, 0.2) is 6.61 Å². The second kappa shape index (κ2) is 9.03. The number of benzene rings is 1. The minimum absolute atomic E-state index is 0.0592. The SMILES string of the molecule is COC(=O)[C@H](CC(C)C)NC(=O)COC(=O)Cc1c[nH]c2ccccc12. The van der Waals surface area contributed by atoms with E-state index in [1.165, 1.54) is 7.11 Å². The monoisotopic (exact) mass is 360 g/mol. The van der Waals surface area contributed by atoms with E-state index in [4.69, 9.17) is 4.74 Å². The Labute approximate surface area is 152 Å². The number of H-pyrrole nitrogens is 1. The molecule has 0 fully saturated rings. The van der Waals surface area contributed by atoms with Crippen LogP contribution in [0, 0.1) is 5.92 Å². The number of hydrogen-bond donors (Lipinski definition) is 2. The van der Waals surface area contributed by atoms with Crippen LogP contribution in [0.3, 0.4) is 0 Å². The van der Waals surface area contributed by atoms with Crippen molar-refractivity contribution in [3.05, 3.63) is 36.0 Å². The molecule has 2 aromatic rings. The van der Waals surface area contributed by atoms with Crippen molar-refractivity contribution in [2.75, 3.05) is 13.7 Å². The van der Waals surface area contributed by atoms with Gasteiger partial charge in [-0.2, -0.15) is 0 Å². The minimum atomic E-state index is -0.750. The van der Waals surface area contributed by atoms with E-state index in [1.54, 1.807) is 6.20 Å². The highest BCUT2D eigenvalue weighted by Crippen LogP contribution is 2.18.